The van der Waals surface area contributed by atoms with Crippen molar-refractivity contribution >= 4 is 17.8 Å². The maximum Gasteiger partial charge on any atom is 0.338 e. The van der Waals surface area contributed by atoms with Gasteiger partial charge in [-0.05, 0) is 25.0 Å². The number of amides is 2. The molecule has 1 aliphatic heterocycles. The topological polar surface area (TPSA) is 117 Å². The minimum Gasteiger partial charge on any atom is -0.493 e. The molecule has 0 aromatic heterocycles. The van der Waals surface area contributed by atoms with Gasteiger partial charge in [-0.2, -0.15) is 0 Å². The summed E-state index contributed by atoms with van der Waals surface area (Å²) in [5.41, 5.74) is 5.45. The molecule has 1 aliphatic rings. The van der Waals surface area contributed by atoms with Crippen molar-refractivity contribution in [2.75, 3.05) is 41.0 Å². The number of carbonyl (C=O) groups is 3. The van der Waals surface area contributed by atoms with Gasteiger partial charge in [0, 0.05) is 19.0 Å². The first-order valence-corrected chi connectivity index (χ1v) is 8.45. The van der Waals surface area contributed by atoms with Crippen molar-refractivity contribution in [1.29, 1.82) is 0 Å². The summed E-state index contributed by atoms with van der Waals surface area (Å²) in [5, 5.41) is 0. The third-order valence-corrected chi connectivity index (χ3v) is 4.48. The molecular weight excluding hydrogens is 356 g/mol. The normalized spacial score (nSPS) is 14.4. The molecule has 2 amide bonds. The van der Waals surface area contributed by atoms with Gasteiger partial charge in [-0.3, -0.25) is 9.59 Å². The Morgan fingerprint density at radius 1 is 1.04 bits per heavy atom. The lowest BCUT2D eigenvalue weighted by Crippen LogP contribution is -2.43. The summed E-state index contributed by atoms with van der Waals surface area (Å²) >= 11 is 0. The van der Waals surface area contributed by atoms with Crippen LogP contribution in [0.3, 0.4) is 0 Å². The lowest BCUT2D eigenvalue weighted by atomic mass is 9.96. The number of nitrogens with zero attached hydrogens (tertiary/aromatic N) is 1. The van der Waals surface area contributed by atoms with Crippen LogP contribution in [0.15, 0.2) is 12.1 Å². The highest BCUT2D eigenvalue weighted by Crippen LogP contribution is 2.38. The number of benzene rings is 1. The standard InChI is InChI=1S/C18H24N2O7/c1-24-13-8-12(9-14(25-2)16(13)26-3)18(23)27-10-15(21)20-6-4-11(5-7-20)17(19)22/h8-9,11H,4-7,10H2,1-3H3,(H2,19,22). The van der Waals surface area contributed by atoms with Crippen molar-refractivity contribution in [3.05, 3.63) is 17.7 Å². The smallest absolute Gasteiger partial charge is 0.338 e. The fourth-order valence-corrected chi connectivity index (χ4v) is 2.91. The molecule has 0 saturated carbocycles. The first-order valence-electron chi connectivity index (χ1n) is 8.45. The van der Waals surface area contributed by atoms with Crippen LogP contribution in [-0.4, -0.2) is 63.7 Å². The molecule has 1 aromatic carbocycles. The molecule has 0 bridgehead atoms. The molecule has 1 saturated heterocycles. The Morgan fingerprint density at radius 3 is 2.04 bits per heavy atom. The van der Waals surface area contributed by atoms with Crippen molar-refractivity contribution in [3.63, 3.8) is 0 Å². The maximum absolute atomic E-state index is 12.3. The van der Waals surface area contributed by atoms with E-state index >= 15 is 0 Å². The quantitative estimate of drug-likeness (QED) is 0.688. The van der Waals surface area contributed by atoms with E-state index in [9.17, 15) is 14.4 Å². The summed E-state index contributed by atoms with van der Waals surface area (Å²) in [6, 6.07) is 2.90. The molecular formula is C18H24N2O7. The Balaban J connectivity index is 1.97. The molecule has 1 heterocycles. The molecule has 1 aromatic rings. The number of methoxy groups -OCH3 is 3. The number of primary amides is 1. The van der Waals surface area contributed by atoms with Crippen LogP contribution in [0.4, 0.5) is 0 Å². The molecule has 2 N–H and O–H groups in total. The van der Waals surface area contributed by atoms with E-state index in [4.69, 9.17) is 24.7 Å². The van der Waals surface area contributed by atoms with Gasteiger partial charge in [0.15, 0.2) is 18.1 Å². The average molecular weight is 380 g/mol. The van der Waals surface area contributed by atoms with E-state index in [1.54, 1.807) is 4.90 Å². The second-order valence-corrected chi connectivity index (χ2v) is 6.05. The van der Waals surface area contributed by atoms with E-state index in [0.29, 0.717) is 43.2 Å². The Bertz CT molecular complexity index is 687. The zero-order chi connectivity index (χ0) is 20.0. The Morgan fingerprint density at radius 2 is 1.59 bits per heavy atom. The van der Waals surface area contributed by atoms with Crippen LogP contribution in [0, 0.1) is 5.92 Å². The highest BCUT2D eigenvalue weighted by Gasteiger charge is 2.26. The summed E-state index contributed by atoms with van der Waals surface area (Å²) in [4.78, 5) is 37.3. The van der Waals surface area contributed by atoms with Gasteiger partial charge in [0.25, 0.3) is 5.91 Å². The molecule has 0 aliphatic carbocycles. The number of rotatable bonds is 7. The zero-order valence-electron chi connectivity index (χ0n) is 15.6. The minimum absolute atomic E-state index is 0.171. The van der Waals surface area contributed by atoms with Crippen LogP contribution in [0.1, 0.15) is 23.2 Å². The van der Waals surface area contributed by atoms with Crippen LogP contribution in [-0.2, 0) is 14.3 Å². The molecule has 0 atom stereocenters. The number of hydrogen-bond acceptors (Lipinski definition) is 7. The van der Waals surface area contributed by atoms with Crippen LogP contribution < -0.4 is 19.9 Å². The summed E-state index contributed by atoms with van der Waals surface area (Å²) in [6.07, 6.45) is 1.03. The van der Waals surface area contributed by atoms with Gasteiger partial charge in [-0.1, -0.05) is 0 Å². The first-order chi connectivity index (χ1) is 12.9. The number of likely N-dealkylation sites (tertiary alicyclic amines) is 1. The Labute approximate surface area is 157 Å². The van der Waals surface area contributed by atoms with Gasteiger partial charge in [-0.15, -0.1) is 0 Å². The summed E-state index contributed by atoms with van der Waals surface area (Å²) in [7, 11) is 4.33. The van der Waals surface area contributed by atoms with Gasteiger partial charge in [0.2, 0.25) is 11.7 Å². The van der Waals surface area contributed by atoms with Gasteiger partial charge < -0.3 is 29.6 Å². The summed E-state index contributed by atoms with van der Waals surface area (Å²) < 4.78 is 20.7. The third kappa shape index (κ3) is 4.81. The number of piperidine rings is 1. The average Bonchev–Trinajstić information content (AvgIpc) is 2.70. The van der Waals surface area contributed by atoms with Crippen molar-refractivity contribution in [3.8, 4) is 17.2 Å². The monoisotopic (exact) mass is 380 g/mol. The van der Waals surface area contributed by atoms with Crippen LogP contribution >= 0.6 is 0 Å². The van der Waals surface area contributed by atoms with Crippen LogP contribution in [0.5, 0.6) is 17.2 Å². The molecule has 27 heavy (non-hydrogen) atoms. The molecule has 9 nitrogen and oxygen atoms in total. The molecule has 1 fully saturated rings. The molecule has 0 spiro atoms. The highest BCUT2D eigenvalue weighted by atomic mass is 16.5. The summed E-state index contributed by atoms with van der Waals surface area (Å²) in [6.45, 7) is 0.430. The van der Waals surface area contributed by atoms with Crippen molar-refractivity contribution in [2.45, 2.75) is 12.8 Å². The largest absolute Gasteiger partial charge is 0.493 e. The molecule has 2 rings (SSSR count). The fraction of sp³-hybridized carbons (Fsp3) is 0.500. The van der Waals surface area contributed by atoms with Crippen molar-refractivity contribution in [1.82, 2.24) is 4.90 Å². The van der Waals surface area contributed by atoms with E-state index in [1.807, 2.05) is 0 Å². The van der Waals surface area contributed by atoms with E-state index < -0.39 is 12.6 Å². The van der Waals surface area contributed by atoms with Gasteiger partial charge in [-0.25, -0.2) is 4.79 Å². The summed E-state index contributed by atoms with van der Waals surface area (Å²) in [5.74, 6) is -0.600. The third-order valence-electron chi connectivity index (χ3n) is 4.48. The number of ether oxygens (including phenoxy) is 4. The Hall–Kier alpha value is -2.97. The molecule has 0 unspecified atom stereocenters. The van der Waals surface area contributed by atoms with Gasteiger partial charge >= 0.3 is 5.97 Å². The maximum atomic E-state index is 12.3. The second kappa shape index (κ2) is 9.11. The predicted octanol–water partition coefficient (Wildman–Crippen LogP) is 0.593. The minimum atomic E-state index is -0.686. The molecule has 9 heteroatoms. The van der Waals surface area contributed by atoms with Gasteiger partial charge in [0.05, 0.1) is 26.9 Å². The van der Waals surface area contributed by atoms with E-state index in [2.05, 4.69) is 0 Å². The van der Waals surface area contributed by atoms with E-state index in [-0.39, 0.29) is 23.3 Å². The fourth-order valence-electron chi connectivity index (χ4n) is 2.91. The Kier molecular flexibility index (Phi) is 6.86. The molecule has 148 valence electrons. The zero-order valence-corrected chi connectivity index (χ0v) is 15.6. The second-order valence-electron chi connectivity index (χ2n) is 6.05. The number of esters is 1. The predicted molar refractivity (Wildman–Crippen MR) is 94.9 cm³/mol. The van der Waals surface area contributed by atoms with Crippen LogP contribution in [0.2, 0.25) is 0 Å². The number of carbonyl (C=O) groups excluding carboxylic acids is 3. The first kappa shape index (κ1) is 20.3. The number of nitrogens with two attached hydrogens (primary N) is 1. The highest BCUT2D eigenvalue weighted by molar-refractivity contribution is 5.93. The van der Waals surface area contributed by atoms with E-state index in [1.165, 1.54) is 33.5 Å². The van der Waals surface area contributed by atoms with E-state index in [0.717, 1.165) is 0 Å². The van der Waals surface area contributed by atoms with Gasteiger partial charge in [0.1, 0.15) is 0 Å². The lowest BCUT2D eigenvalue weighted by Gasteiger charge is -2.30. The van der Waals surface area contributed by atoms with Crippen molar-refractivity contribution in [2.24, 2.45) is 11.7 Å². The molecule has 0 radical (unpaired) electrons. The van der Waals surface area contributed by atoms with Crippen molar-refractivity contribution < 1.29 is 33.3 Å². The van der Waals surface area contributed by atoms with Crippen LogP contribution in [0.25, 0.3) is 0 Å². The SMILES string of the molecule is COc1cc(C(=O)OCC(=O)N2CCC(C(N)=O)CC2)cc(OC)c1OC. The number of hydrogen-bond donors (Lipinski definition) is 1. The lowest BCUT2D eigenvalue weighted by molar-refractivity contribution is -0.137.